The van der Waals surface area contributed by atoms with E-state index in [1.807, 2.05) is 132 Å². The Morgan fingerprint density at radius 1 is 0.386 bits per heavy atom. The fourth-order valence-corrected chi connectivity index (χ4v) is 5.81. The van der Waals surface area contributed by atoms with Crippen LogP contribution >= 0.6 is 0 Å². The summed E-state index contributed by atoms with van der Waals surface area (Å²) in [5, 5.41) is 1.63. The van der Waals surface area contributed by atoms with Crippen LogP contribution in [0.15, 0.2) is 180 Å². The first-order chi connectivity index (χ1) is 23.5. The minimum absolute atomic E-state index is 0.115. The highest BCUT2D eigenvalue weighted by Gasteiger charge is 2.16. The molecule has 1 aromatic heterocycles. The maximum atomic E-state index is 9.38. The Balaban J connectivity index is 1.32. The lowest BCUT2D eigenvalue weighted by molar-refractivity contribution is 0.669. The summed E-state index contributed by atoms with van der Waals surface area (Å²) >= 11 is 0. The molecule has 2 heteroatoms. The number of furan rings is 1. The second kappa shape index (κ2) is 11.1. The minimum Gasteiger partial charge on any atom is -0.456 e. The average molecular weight is 568 g/mol. The molecule has 208 valence electrons. The van der Waals surface area contributed by atoms with Gasteiger partial charge in [0, 0.05) is 27.8 Å². The Morgan fingerprint density at radius 3 is 1.48 bits per heavy atom. The Labute approximate surface area is 262 Å². The Bertz CT molecular complexity index is 2310. The van der Waals surface area contributed by atoms with E-state index in [1.165, 1.54) is 0 Å². The van der Waals surface area contributed by atoms with Crippen molar-refractivity contribution in [1.82, 2.24) is 0 Å². The number of para-hydroxylation sites is 1. The third kappa shape index (κ3) is 4.73. The summed E-state index contributed by atoms with van der Waals surface area (Å²) in [6, 6.07) is 48.9. The monoisotopic (exact) mass is 567 g/mol. The molecule has 8 rings (SSSR count). The molecule has 0 atom stereocenters. The number of hydrogen-bond donors (Lipinski definition) is 0. The smallest absolute Gasteiger partial charge is 0.136 e. The summed E-state index contributed by atoms with van der Waals surface area (Å²) in [4.78, 5) is 1.82. The average Bonchev–Trinajstić information content (AvgIpc) is 3.53. The molecular formula is C42H29NO. The molecule has 0 aliphatic rings. The maximum Gasteiger partial charge on any atom is 0.136 e. The number of benzene rings is 7. The summed E-state index contributed by atoms with van der Waals surface area (Å²) in [5.41, 5.74) is 8.04. The maximum absolute atomic E-state index is 9.38. The topological polar surface area (TPSA) is 16.4 Å². The highest BCUT2D eigenvalue weighted by molar-refractivity contribution is 6.12. The van der Waals surface area contributed by atoms with Crippen molar-refractivity contribution in [2.75, 3.05) is 4.90 Å². The van der Waals surface area contributed by atoms with Gasteiger partial charge in [-0.15, -0.1) is 0 Å². The number of nitrogens with zero attached hydrogens (tertiary/aromatic N) is 1. The van der Waals surface area contributed by atoms with Gasteiger partial charge in [0.2, 0.25) is 0 Å². The first-order valence-corrected chi connectivity index (χ1v) is 14.6. The van der Waals surface area contributed by atoms with Crippen molar-refractivity contribution in [2.24, 2.45) is 0 Å². The Morgan fingerprint density at radius 2 is 0.886 bits per heavy atom. The number of rotatable bonds is 6. The number of anilines is 3. The van der Waals surface area contributed by atoms with E-state index in [-0.39, 0.29) is 35.4 Å². The van der Waals surface area contributed by atoms with Gasteiger partial charge >= 0.3 is 0 Å². The van der Waals surface area contributed by atoms with Gasteiger partial charge in [0.25, 0.3) is 0 Å². The molecule has 0 aliphatic heterocycles. The lowest BCUT2D eigenvalue weighted by atomic mass is 9.99. The molecule has 0 radical (unpaired) electrons. The zero-order chi connectivity index (χ0) is 32.8. The van der Waals surface area contributed by atoms with Gasteiger partial charge in [0.15, 0.2) is 0 Å². The van der Waals surface area contributed by atoms with E-state index >= 15 is 0 Å². The van der Waals surface area contributed by atoms with E-state index in [4.69, 9.17) is 4.42 Å². The van der Waals surface area contributed by atoms with Gasteiger partial charge in [0.05, 0.1) is 5.48 Å². The van der Waals surface area contributed by atoms with Gasteiger partial charge in [-0.1, -0.05) is 127 Å². The van der Waals surface area contributed by atoms with Gasteiger partial charge in [-0.2, -0.15) is 0 Å². The van der Waals surface area contributed by atoms with E-state index in [0.29, 0.717) is 16.7 Å². The third-order valence-corrected chi connectivity index (χ3v) is 7.97. The van der Waals surface area contributed by atoms with Crippen LogP contribution in [-0.2, 0) is 0 Å². The van der Waals surface area contributed by atoms with Crippen molar-refractivity contribution in [2.45, 2.75) is 0 Å². The third-order valence-electron chi connectivity index (χ3n) is 7.97. The van der Waals surface area contributed by atoms with Crippen molar-refractivity contribution in [3.8, 4) is 33.4 Å². The fourth-order valence-electron chi connectivity index (χ4n) is 5.81. The largest absolute Gasteiger partial charge is 0.456 e. The Kier molecular flexibility index (Phi) is 5.49. The van der Waals surface area contributed by atoms with E-state index in [1.54, 1.807) is 0 Å². The summed E-state index contributed by atoms with van der Waals surface area (Å²) in [6.45, 7) is 0. The summed E-state index contributed by atoms with van der Waals surface area (Å²) in [6.07, 6.45) is 0. The molecule has 7 aromatic carbocycles. The standard InChI is InChI=1S/C42H29NO/c1-3-10-30(11-4-1)32-18-24-35(25-19-32)43(36-26-20-33(21-27-36)31-12-5-2-6-13-31)37-28-22-34(23-29-37)38-15-9-17-41-42(38)39-14-7-8-16-40(39)44-41/h1-29H/i22D,23D,28D,29D. The van der Waals surface area contributed by atoms with Crippen LogP contribution in [-0.4, -0.2) is 0 Å². The lowest BCUT2D eigenvalue weighted by Crippen LogP contribution is -2.09. The van der Waals surface area contributed by atoms with Crippen LogP contribution in [0.4, 0.5) is 17.1 Å². The fraction of sp³-hybridized carbons (Fsp3) is 0. The van der Waals surface area contributed by atoms with Crippen molar-refractivity contribution >= 4 is 39.0 Å². The molecule has 2 nitrogen and oxygen atoms in total. The highest BCUT2D eigenvalue weighted by atomic mass is 16.3. The van der Waals surface area contributed by atoms with Crippen LogP contribution in [0.5, 0.6) is 0 Å². The summed E-state index contributed by atoms with van der Waals surface area (Å²) in [5.74, 6) is 0. The van der Waals surface area contributed by atoms with Gasteiger partial charge in [0.1, 0.15) is 11.2 Å². The highest BCUT2D eigenvalue weighted by Crippen LogP contribution is 2.40. The number of hydrogen-bond acceptors (Lipinski definition) is 2. The molecule has 0 unspecified atom stereocenters. The van der Waals surface area contributed by atoms with Crippen LogP contribution in [0.3, 0.4) is 0 Å². The van der Waals surface area contributed by atoms with Crippen LogP contribution < -0.4 is 4.90 Å². The van der Waals surface area contributed by atoms with Crippen LogP contribution in [0.1, 0.15) is 5.48 Å². The zero-order valence-electron chi connectivity index (χ0n) is 27.8. The molecular weight excluding hydrogens is 534 g/mol. The molecule has 8 aromatic rings. The van der Waals surface area contributed by atoms with Gasteiger partial charge in [-0.25, -0.2) is 0 Å². The molecule has 44 heavy (non-hydrogen) atoms. The Hall–Kier alpha value is -5.86. The van der Waals surface area contributed by atoms with Gasteiger partial charge in [-0.3, -0.25) is 0 Å². The SMILES string of the molecule is [2H]c1c([2H])c(N(c2ccc(-c3ccccc3)cc2)c2ccc(-c3ccccc3)cc2)c([2H])c([2H])c1-c1cccc2oc3ccccc3c12. The first-order valence-electron chi connectivity index (χ1n) is 16.6. The second-order valence-corrected chi connectivity index (χ2v) is 10.7. The molecule has 0 spiro atoms. The van der Waals surface area contributed by atoms with Crippen molar-refractivity contribution in [1.29, 1.82) is 0 Å². The zero-order valence-corrected chi connectivity index (χ0v) is 23.8. The predicted octanol–water partition coefficient (Wildman–Crippen LogP) is 12.1. The molecule has 0 saturated carbocycles. The molecule has 0 bridgehead atoms. The molecule has 0 aliphatic carbocycles. The van der Waals surface area contributed by atoms with Crippen molar-refractivity contribution in [3.63, 3.8) is 0 Å². The first kappa shape index (κ1) is 21.8. The second-order valence-electron chi connectivity index (χ2n) is 10.7. The van der Waals surface area contributed by atoms with Crippen LogP contribution in [0.2, 0.25) is 0 Å². The molecule has 0 N–H and O–H groups in total. The van der Waals surface area contributed by atoms with Gasteiger partial charge < -0.3 is 9.32 Å². The molecule has 0 amide bonds. The molecule has 1 heterocycles. The van der Waals surface area contributed by atoms with Crippen molar-refractivity contribution in [3.05, 3.63) is 176 Å². The summed E-state index contributed by atoms with van der Waals surface area (Å²) < 4.78 is 43.5. The van der Waals surface area contributed by atoms with Crippen LogP contribution in [0, 0.1) is 0 Å². The minimum atomic E-state index is -0.130. The molecule has 0 fully saturated rings. The van der Waals surface area contributed by atoms with E-state index in [9.17, 15) is 5.48 Å². The normalized spacial score (nSPS) is 12.5. The number of fused-ring (bicyclic) bond motifs is 3. The van der Waals surface area contributed by atoms with Crippen molar-refractivity contribution < 1.29 is 9.90 Å². The summed E-state index contributed by atoms with van der Waals surface area (Å²) in [7, 11) is 0. The predicted molar refractivity (Wildman–Crippen MR) is 185 cm³/mol. The molecule has 0 saturated heterocycles. The van der Waals surface area contributed by atoms with E-state index in [0.717, 1.165) is 44.4 Å². The van der Waals surface area contributed by atoms with Gasteiger partial charge in [-0.05, 0) is 81.9 Å². The quantitative estimate of drug-likeness (QED) is 0.199. The van der Waals surface area contributed by atoms with E-state index in [2.05, 4.69) is 24.3 Å². The lowest BCUT2D eigenvalue weighted by Gasteiger charge is -2.26. The van der Waals surface area contributed by atoms with Crippen LogP contribution in [0.25, 0.3) is 55.3 Å². The van der Waals surface area contributed by atoms with E-state index < -0.39 is 0 Å².